The predicted molar refractivity (Wildman–Crippen MR) is 55.7 cm³/mol. The minimum Gasteiger partial charge on any atom is -0.472 e. The number of furan rings is 1. The second kappa shape index (κ2) is 4.09. The van der Waals surface area contributed by atoms with Gasteiger partial charge in [-0.2, -0.15) is 0 Å². The van der Waals surface area contributed by atoms with Crippen LogP contribution in [0.4, 0.5) is 0 Å². The van der Waals surface area contributed by atoms with Crippen LogP contribution in [0.2, 0.25) is 0 Å². The van der Waals surface area contributed by atoms with Gasteiger partial charge in [0.2, 0.25) is 0 Å². The van der Waals surface area contributed by atoms with Crippen LogP contribution >= 0.6 is 0 Å². The highest BCUT2D eigenvalue weighted by Gasteiger charge is 2.11. The molecule has 2 heterocycles. The average Bonchev–Trinajstić information content (AvgIpc) is 2.66. The van der Waals surface area contributed by atoms with E-state index in [9.17, 15) is 4.79 Å². The standard InChI is InChI=1S/C12H11NO2/c1-9-7-15-8-11(9)12(14)6-10-4-2-3-5-13-10/h2-5,7-8H,6H2,1H3. The molecule has 0 atom stereocenters. The van der Waals surface area contributed by atoms with Crippen LogP contribution in [0.5, 0.6) is 0 Å². The molecule has 0 saturated heterocycles. The third kappa shape index (κ3) is 2.13. The topological polar surface area (TPSA) is 43.1 Å². The number of carbonyl (C=O) groups excluding carboxylic acids is 1. The molecule has 0 aliphatic carbocycles. The normalized spacial score (nSPS) is 10.2. The summed E-state index contributed by atoms with van der Waals surface area (Å²) in [6, 6.07) is 5.54. The van der Waals surface area contributed by atoms with Crippen LogP contribution in [-0.2, 0) is 6.42 Å². The molecule has 3 nitrogen and oxygen atoms in total. The zero-order valence-corrected chi connectivity index (χ0v) is 8.43. The number of hydrogen-bond donors (Lipinski definition) is 0. The van der Waals surface area contributed by atoms with E-state index in [4.69, 9.17) is 4.42 Å². The molecule has 0 fully saturated rings. The van der Waals surface area contributed by atoms with Crippen LogP contribution in [-0.4, -0.2) is 10.8 Å². The zero-order valence-electron chi connectivity index (χ0n) is 8.43. The van der Waals surface area contributed by atoms with Gasteiger partial charge in [-0.3, -0.25) is 9.78 Å². The lowest BCUT2D eigenvalue weighted by Gasteiger charge is -1.98. The Labute approximate surface area is 87.8 Å². The van der Waals surface area contributed by atoms with Gasteiger partial charge in [-0.25, -0.2) is 0 Å². The Balaban J connectivity index is 2.15. The van der Waals surface area contributed by atoms with Gasteiger partial charge in [0.25, 0.3) is 0 Å². The molecule has 0 bridgehead atoms. The maximum absolute atomic E-state index is 11.8. The van der Waals surface area contributed by atoms with Gasteiger partial charge >= 0.3 is 0 Å². The van der Waals surface area contributed by atoms with E-state index in [2.05, 4.69) is 4.98 Å². The summed E-state index contributed by atoms with van der Waals surface area (Å²) in [7, 11) is 0. The summed E-state index contributed by atoms with van der Waals surface area (Å²) < 4.78 is 4.96. The summed E-state index contributed by atoms with van der Waals surface area (Å²) in [5.41, 5.74) is 2.29. The monoisotopic (exact) mass is 201 g/mol. The molecular weight excluding hydrogens is 190 g/mol. The molecule has 0 N–H and O–H groups in total. The van der Waals surface area contributed by atoms with E-state index in [-0.39, 0.29) is 5.78 Å². The quantitative estimate of drug-likeness (QED) is 0.716. The molecule has 0 aliphatic heterocycles. The SMILES string of the molecule is Cc1cocc1C(=O)Cc1ccccn1. The molecule has 0 aliphatic rings. The summed E-state index contributed by atoms with van der Waals surface area (Å²) in [4.78, 5) is 15.9. The number of carbonyl (C=O) groups is 1. The average molecular weight is 201 g/mol. The predicted octanol–water partition coefficient (Wildman–Crippen LogP) is 2.41. The van der Waals surface area contributed by atoms with Gasteiger partial charge in [0, 0.05) is 11.9 Å². The van der Waals surface area contributed by atoms with Gasteiger partial charge in [-0.05, 0) is 24.6 Å². The number of ketones is 1. The number of rotatable bonds is 3. The molecule has 76 valence electrons. The summed E-state index contributed by atoms with van der Waals surface area (Å²) in [5.74, 6) is 0.0416. The molecule has 0 spiro atoms. The van der Waals surface area contributed by atoms with Crippen molar-refractivity contribution in [2.75, 3.05) is 0 Å². The van der Waals surface area contributed by atoms with E-state index in [0.717, 1.165) is 11.3 Å². The first-order chi connectivity index (χ1) is 7.27. The van der Waals surface area contributed by atoms with Crippen molar-refractivity contribution in [1.29, 1.82) is 0 Å². The first kappa shape index (κ1) is 9.65. The van der Waals surface area contributed by atoms with Crippen molar-refractivity contribution < 1.29 is 9.21 Å². The van der Waals surface area contributed by atoms with Gasteiger partial charge in [-0.1, -0.05) is 6.07 Å². The lowest BCUT2D eigenvalue weighted by Crippen LogP contribution is -2.04. The third-order valence-electron chi connectivity index (χ3n) is 2.22. The molecule has 2 aromatic rings. The minimum absolute atomic E-state index is 0.0416. The number of aryl methyl sites for hydroxylation is 1. The van der Waals surface area contributed by atoms with Crippen molar-refractivity contribution in [3.8, 4) is 0 Å². The molecule has 0 radical (unpaired) electrons. The number of pyridine rings is 1. The Hall–Kier alpha value is -1.90. The van der Waals surface area contributed by atoms with E-state index >= 15 is 0 Å². The molecule has 0 saturated carbocycles. The highest BCUT2D eigenvalue weighted by Crippen LogP contribution is 2.11. The van der Waals surface area contributed by atoms with Crippen molar-refractivity contribution in [2.24, 2.45) is 0 Å². The first-order valence-electron chi connectivity index (χ1n) is 4.73. The van der Waals surface area contributed by atoms with E-state index in [0.29, 0.717) is 12.0 Å². The summed E-state index contributed by atoms with van der Waals surface area (Å²) in [6.45, 7) is 1.86. The van der Waals surface area contributed by atoms with Gasteiger partial charge in [0.15, 0.2) is 5.78 Å². The first-order valence-corrected chi connectivity index (χ1v) is 4.73. The number of hydrogen-bond acceptors (Lipinski definition) is 3. The third-order valence-corrected chi connectivity index (χ3v) is 2.22. The largest absolute Gasteiger partial charge is 0.472 e. The van der Waals surface area contributed by atoms with Crippen LogP contribution in [0.3, 0.4) is 0 Å². The number of nitrogens with zero attached hydrogens (tertiary/aromatic N) is 1. The van der Waals surface area contributed by atoms with E-state index in [1.807, 2.05) is 25.1 Å². The van der Waals surface area contributed by atoms with Crippen LogP contribution in [0.25, 0.3) is 0 Å². The number of aromatic nitrogens is 1. The fourth-order valence-electron chi connectivity index (χ4n) is 1.41. The van der Waals surface area contributed by atoms with Gasteiger partial charge in [0.05, 0.1) is 18.2 Å². The highest BCUT2D eigenvalue weighted by molar-refractivity contribution is 5.98. The Morgan fingerprint density at radius 1 is 1.40 bits per heavy atom. The fourth-order valence-corrected chi connectivity index (χ4v) is 1.41. The lowest BCUT2D eigenvalue weighted by molar-refractivity contribution is 0.0991. The Morgan fingerprint density at radius 3 is 2.87 bits per heavy atom. The van der Waals surface area contributed by atoms with Crippen LogP contribution in [0.1, 0.15) is 21.6 Å². The summed E-state index contributed by atoms with van der Waals surface area (Å²) in [5, 5.41) is 0. The van der Waals surface area contributed by atoms with E-state index in [1.54, 1.807) is 12.5 Å². The molecule has 3 heteroatoms. The summed E-state index contributed by atoms with van der Waals surface area (Å²) in [6.07, 6.45) is 5.07. The molecule has 0 unspecified atom stereocenters. The van der Waals surface area contributed by atoms with Crippen molar-refractivity contribution in [2.45, 2.75) is 13.3 Å². The van der Waals surface area contributed by atoms with Crippen molar-refractivity contribution in [3.05, 3.63) is 53.7 Å². The van der Waals surface area contributed by atoms with E-state index < -0.39 is 0 Å². The molecule has 0 aromatic carbocycles. The fraction of sp³-hybridized carbons (Fsp3) is 0.167. The Kier molecular flexibility index (Phi) is 2.63. The number of Topliss-reactive ketones (excluding diaryl/α,β-unsaturated/α-hetero) is 1. The van der Waals surface area contributed by atoms with Gasteiger partial charge in [0.1, 0.15) is 6.26 Å². The smallest absolute Gasteiger partial charge is 0.172 e. The van der Waals surface area contributed by atoms with Crippen molar-refractivity contribution in [1.82, 2.24) is 4.98 Å². The zero-order chi connectivity index (χ0) is 10.7. The molecular formula is C12H11NO2. The van der Waals surface area contributed by atoms with Crippen LogP contribution < -0.4 is 0 Å². The van der Waals surface area contributed by atoms with Crippen molar-refractivity contribution >= 4 is 5.78 Å². The Morgan fingerprint density at radius 2 is 2.27 bits per heavy atom. The van der Waals surface area contributed by atoms with Gasteiger partial charge < -0.3 is 4.42 Å². The summed E-state index contributed by atoms with van der Waals surface area (Å²) >= 11 is 0. The minimum atomic E-state index is 0.0416. The second-order valence-electron chi connectivity index (χ2n) is 3.39. The van der Waals surface area contributed by atoms with Gasteiger partial charge in [-0.15, -0.1) is 0 Å². The van der Waals surface area contributed by atoms with Crippen LogP contribution in [0.15, 0.2) is 41.3 Å². The van der Waals surface area contributed by atoms with Crippen molar-refractivity contribution in [3.63, 3.8) is 0 Å². The lowest BCUT2D eigenvalue weighted by atomic mass is 10.1. The maximum atomic E-state index is 11.8. The molecule has 0 amide bonds. The molecule has 15 heavy (non-hydrogen) atoms. The van der Waals surface area contributed by atoms with E-state index in [1.165, 1.54) is 6.26 Å². The molecule has 2 rings (SSSR count). The highest BCUT2D eigenvalue weighted by atomic mass is 16.3. The Bertz CT molecular complexity index is 459. The maximum Gasteiger partial charge on any atom is 0.172 e. The van der Waals surface area contributed by atoms with Crippen LogP contribution in [0, 0.1) is 6.92 Å². The second-order valence-corrected chi connectivity index (χ2v) is 3.39. The molecule has 2 aromatic heterocycles.